The van der Waals surface area contributed by atoms with Crippen molar-refractivity contribution in [3.05, 3.63) is 65.8 Å². The Kier molecular flexibility index (Phi) is 3.90. The molecule has 3 unspecified atom stereocenters. The van der Waals surface area contributed by atoms with Gasteiger partial charge in [-0.15, -0.1) is 0 Å². The minimum absolute atomic E-state index is 0.347. The molecule has 0 bridgehead atoms. The maximum atomic E-state index is 10.8. The third-order valence-electron chi connectivity index (χ3n) is 3.01. The highest BCUT2D eigenvalue weighted by Gasteiger charge is 2.28. The van der Waals surface area contributed by atoms with Gasteiger partial charge in [-0.1, -0.05) is 48.6 Å². The average Bonchev–Trinajstić information content (AvgIpc) is 2.46. The molecule has 2 N–H and O–H groups in total. The molecule has 0 heterocycles. The van der Waals surface area contributed by atoms with Gasteiger partial charge < -0.3 is 10.2 Å². The van der Waals surface area contributed by atoms with E-state index in [9.17, 15) is 15.0 Å². The fourth-order valence-electron chi connectivity index (χ4n) is 2.00. The van der Waals surface area contributed by atoms with Crippen molar-refractivity contribution in [1.82, 2.24) is 0 Å². The van der Waals surface area contributed by atoms with Crippen LogP contribution in [-0.4, -0.2) is 22.3 Å². The molecular weight excluding hydrogens is 228 g/mol. The van der Waals surface area contributed by atoms with Gasteiger partial charge in [0.2, 0.25) is 0 Å². The Bertz CT molecular complexity index is 510. The van der Waals surface area contributed by atoms with Gasteiger partial charge >= 0.3 is 0 Å². The number of allylic oxidation sites excluding steroid dienone is 3. The second-order valence-electron chi connectivity index (χ2n) is 4.17. The predicted molar refractivity (Wildman–Crippen MR) is 68.4 cm³/mol. The summed E-state index contributed by atoms with van der Waals surface area (Å²) in [7, 11) is 0. The summed E-state index contributed by atoms with van der Waals surface area (Å²) in [6, 6.07) is 8.89. The lowest BCUT2D eigenvalue weighted by molar-refractivity contribution is 0.00191. The van der Waals surface area contributed by atoms with Crippen LogP contribution >= 0.6 is 0 Å². The van der Waals surface area contributed by atoms with E-state index in [-0.39, 0.29) is 0 Å². The van der Waals surface area contributed by atoms with Crippen molar-refractivity contribution >= 4 is 5.94 Å². The Labute approximate surface area is 105 Å². The molecule has 0 aliphatic heterocycles. The number of aliphatic hydroxyl groups excluding tert-OH is 2. The van der Waals surface area contributed by atoms with E-state index < -0.39 is 18.1 Å². The van der Waals surface area contributed by atoms with Crippen molar-refractivity contribution in [2.24, 2.45) is 5.92 Å². The zero-order valence-electron chi connectivity index (χ0n) is 9.73. The van der Waals surface area contributed by atoms with Crippen molar-refractivity contribution < 1.29 is 15.0 Å². The first-order valence-electron chi connectivity index (χ1n) is 5.75. The van der Waals surface area contributed by atoms with Crippen LogP contribution in [0.25, 0.3) is 0 Å². The lowest BCUT2D eigenvalue weighted by Crippen LogP contribution is -2.28. The summed E-state index contributed by atoms with van der Waals surface area (Å²) in [5, 5.41) is 20.3. The molecule has 0 amide bonds. The molecule has 3 heteroatoms. The second kappa shape index (κ2) is 5.61. The van der Waals surface area contributed by atoms with Crippen molar-refractivity contribution in [3.8, 4) is 0 Å². The number of hydrogen-bond donors (Lipinski definition) is 2. The predicted octanol–water partition coefficient (Wildman–Crippen LogP) is 1.58. The summed E-state index contributed by atoms with van der Waals surface area (Å²) < 4.78 is 0. The van der Waals surface area contributed by atoms with Gasteiger partial charge in [0.05, 0.1) is 6.10 Å². The first-order valence-corrected chi connectivity index (χ1v) is 5.75. The molecule has 1 aromatic rings. The van der Waals surface area contributed by atoms with Gasteiger partial charge in [0.1, 0.15) is 12.0 Å². The van der Waals surface area contributed by atoms with Crippen LogP contribution in [0.4, 0.5) is 0 Å². The van der Waals surface area contributed by atoms with E-state index in [4.69, 9.17) is 0 Å². The van der Waals surface area contributed by atoms with Crippen LogP contribution < -0.4 is 0 Å². The zero-order valence-corrected chi connectivity index (χ0v) is 9.73. The highest BCUT2D eigenvalue weighted by atomic mass is 16.3. The first-order chi connectivity index (χ1) is 8.74. The number of aliphatic hydroxyl groups is 2. The smallest absolute Gasteiger partial charge is 0.128 e. The molecule has 3 atom stereocenters. The summed E-state index contributed by atoms with van der Waals surface area (Å²) in [5.74, 6) is 1.27. The van der Waals surface area contributed by atoms with Crippen molar-refractivity contribution in [2.45, 2.75) is 12.2 Å². The van der Waals surface area contributed by atoms with Crippen molar-refractivity contribution in [1.29, 1.82) is 0 Å². The summed E-state index contributed by atoms with van der Waals surface area (Å²) in [6.07, 6.45) is 4.64. The third-order valence-corrected chi connectivity index (χ3v) is 3.01. The van der Waals surface area contributed by atoms with Gasteiger partial charge in [0, 0.05) is 11.5 Å². The van der Waals surface area contributed by atoms with Crippen LogP contribution in [0.5, 0.6) is 0 Å². The van der Waals surface area contributed by atoms with E-state index in [1.165, 1.54) is 0 Å². The maximum absolute atomic E-state index is 10.8. The number of benzene rings is 1. The number of rotatable bonds is 3. The van der Waals surface area contributed by atoms with Gasteiger partial charge in [0.25, 0.3) is 0 Å². The summed E-state index contributed by atoms with van der Waals surface area (Å²) in [6.45, 7) is 0. The first kappa shape index (κ1) is 12.5. The van der Waals surface area contributed by atoms with E-state index in [2.05, 4.69) is 0 Å². The SMILES string of the molecule is O=C=C1C=CC=CC1C(O)C(O)c1ccccc1. The van der Waals surface area contributed by atoms with E-state index in [1.807, 2.05) is 6.07 Å². The maximum Gasteiger partial charge on any atom is 0.128 e. The fourth-order valence-corrected chi connectivity index (χ4v) is 2.00. The molecule has 18 heavy (non-hydrogen) atoms. The summed E-state index contributed by atoms with van der Waals surface area (Å²) in [5.41, 5.74) is 0.971. The molecule has 92 valence electrons. The zero-order chi connectivity index (χ0) is 13.0. The van der Waals surface area contributed by atoms with Crippen LogP contribution in [0.1, 0.15) is 11.7 Å². The molecule has 0 fully saturated rings. The van der Waals surface area contributed by atoms with Crippen molar-refractivity contribution in [3.63, 3.8) is 0 Å². The Morgan fingerprint density at radius 3 is 2.50 bits per heavy atom. The molecular formula is C15H14O3. The Morgan fingerprint density at radius 2 is 1.83 bits per heavy atom. The lowest BCUT2D eigenvalue weighted by atomic mass is 9.86. The monoisotopic (exact) mass is 242 g/mol. The minimum Gasteiger partial charge on any atom is -0.389 e. The quantitative estimate of drug-likeness (QED) is 0.791. The lowest BCUT2D eigenvalue weighted by Gasteiger charge is -2.25. The highest BCUT2D eigenvalue weighted by Crippen LogP contribution is 2.28. The topological polar surface area (TPSA) is 57.5 Å². The van der Waals surface area contributed by atoms with Gasteiger partial charge in [0.15, 0.2) is 0 Å². The van der Waals surface area contributed by atoms with Crippen LogP contribution in [-0.2, 0) is 4.79 Å². The largest absolute Gasteiger partial charge is 0.389 e. The van der Waals surface area contributed by atoms with Crippen molar-refractivity contribution in [2.75, 3.05) is 0 Å². The molecule has 0 radical (unpaired) electrons. The molecule has 0 spiro atoms. The molecule has 3 nitrogen and oxygen atoms in total. The second-order valence-corrected chi connectivity index (χ2v) is 4.17. The highest BCUT2D eigenvalue weighted by molar-refractivity contribution is 5.61. The van der Waals surface area contributed by atoms with Crippen LogP contribution in [0.2, 0.25) is 0 Å². The molecule has 2 rings (SSSR count). The summed E-state index contributed by atoms with van der Waals surface area (Å²) in [4.78, 5) is 10.8. The average molecular weight is 242 g/mol. The van der Waals surface area contributed by atoms with E-state index in [0.717, 1.165) is 0 Å². The van der Waals surface area contributed by atoms with Gasteiger partial charge in [-0.3, -0.25) is 0 Å². The van der Waals surface area contributed by atoms with Crippen LogP contribution in [0, 0.1) is 5.92 Å². The van der Waals surface area contributed by atoms with E-state index >= 15 is 0 Å². The van der Waals surface area contributed by atoms with Crippen LogP contribution in [0.15, 0.2) is 60.2 Å². The molecule has 1 aromatic carbocycles. The van der Waals surface area contributed by atoms with Gasteiger partial charge in [-0.2, -0.15) is 0 Å². The number of hydrogen-bond acceptors (Lipinski definition) is 3. The Morgan fingerprint density at radius 1 is 1.11 bits per heavy atom. The number of carbonyl (C=O) groups excluding carboxylic acids is 1. The third kappa shape index (κ3) is 2.49. The van der Waals surface area contributed by atoms with Gasteiger partial charge in [-0.25, -0.2) is 4.79 Å². The molecule has 0 aromatic heterocycles. The Hall–Kier alpha value is -1.93. The van der Waals surface area contributed by atoms with Crippen LogP contribution in [0.3, 0.4) is 0 Å². The molecule has 1 aliphatic carbocycles. The van der Waals surface area contributed by atoms with Gasteiger partial charge in [-0.05, 0) is 11.6 Å². The van der Waals surface area contributed by atoms with E-state index in [0.29, 0.717) is 11.1 Å². The standard InChI is InChI=1S/C15H14O3/c16-10-12-8-4-5-9-13(12)15(18)14(17)11-6-2-1-3-7-11/h1-9,13-15,17-18H. The fraction of sp³-hybridized carbons (Fsp3) is 0.200. The molecule has 1 aliphatic rings. The van der Waals surface area contributed by atoms with E-state index in [1.54, 1.807) is 54.5 Å². The summed E-state index contributed by atoms with van der Waals surface area (Å²) >= 11 is 0. The normalized spacial score (nSPS) is 21.4. The molecule has 0 saturated heterocycles. The molecule has 0 saturated carbocycles. The minimum atomic E-state index is -1.06. The Balaban J connectivity index is 2.21.